The Kier molecular flexibility index (Phi) is 11.8. The molecular weight excluding hydrogens is 226 g/mol. The van der Waals surface area contributed by atoms with E-state index in [0.717, 1.165) is 45.8 Å². The highest BCUT2D eigenvalue weighted by molar-refractivity contribution is 6.20. The van der Waals surface area contributed by atoms with E-state index in [1.807, 2.05) is 0 Å². The van der Waals surface area contributed by atoms with Crippen LogP contribution in [0.4, 0.5) is 0 Å². The molecule has 16 heavy (non-hydrogen) atoms. The van der Waals surface area contributed by atoms with Crippen LogP contribution in [0.5, 0.6) is 0 Å². The molecule has 0 radical (unpaired) electrons. The largest absolute Gasteiger partial charge is 0.385 e. The first-order valence-electron chi connectivity index (χ1n) is 6.08. The van der Waals surface area contributed by atoms with E-state index in [4.69, 9.17) is 21.1 Å². The third-order valence-electron chi connectivity index (χ3n) is 2.15. The van der Waals surface area contributed by atoms with E-state index in [1.54, 1.807) is 7.11 Å². The van der Waals surface area contributed by atoms with Crippen LogP contribution < -0.4 is 5.32 Å². The lowest BCUT2D eigenvalue weighted by Gasteiger charge is -2.12. The predicted molar refractivity (Wildman–Crippen MR) is 69.3 cm³/mol. The second-order valence-corrected chi connectivity index (χ2v) is 5.01. The predicted octanol–water partition coefficient (Wildman–Crippen LogP) is 2.28. The molecule has 0 aliphatic rings. The Morgan fingerprint density at radius 2 is 1.94 bits per heavy atom. The van der Waals surface area contributed by atoms with Gasteiger partial charge in [-0.15, -0.1) is 11.6 Å². The van der Waals surface area contributed by atoms with Crippen LogP contribution in [0.3, 0.4) is 0 Å². The summed E-state index contributed by atoms with van der Waals surface area (Å²) in [5, 5.41) is 3.52. The van der Waals surface area contributed by atoms with E-state index >= 15 is 0 Å². The molecule has 98 valence electrons. The fourth-order valence-corrected chi connectivity index (χ4v) is 1.87. The molecule has 4 heteroatoms. The number of nitrogens with one attached hydrogen (secondary N) is 1. The Balaban J connectivity index is 3.08. The Morgan fingerprint density at radius 3 is 2.56 bits per heavy atom. The molecule has 0 aromatic carbocycles. The van der Waals surface area contributed by atoms with Crippen molar-refractivity contribution in [2.45, 2.75) is 32.1 Å². The van der Waals surface area contributed by atoms with Crippen molar-refractivity contribution in [3.63, 3.8) is 0 Å². The standard InChI is InChI=1S/C12H26ClNO2/c1-11(2)9-12(13)10-14-5-8-16-7-4-6-15-3/h11-12,14H,4-10H2,1-3H3. The third-order valence-corrected chi connectivity index (χ3v) is 2.49. The molecule has 0 amide bonds. The van der Waals surface area contributed by atoms with Crippen LogP contribution in [-0.2, 0) is 9.47 Å². The van der Waals surface area contributed by atoms with Crippen molar-refractivity contribution in [1.82, 2.24) is 5.32 Å². The van der Waals surface area contributed by atoms with Gasteiger partial charge < -0.3 is 14.8 Å². The lowest BCUT2D eigenvalue weighted by atomic mass is 10.1. The molecule has 0 spiro atoms. The number of halogens is 1. The first-order valence-corrected chi connectivity index (χ1v) is 6.52. The molecule has 1 atom stereocenters. The summed E-state index contributed by atoms with van der Waals surface area (Å²) in [6.45, 7) is 8.39. The molecule has 1 unspecified atom stereocenters. The van der Waals surface area contributed by atoms with Crippen molar-refractivity contribution in [2.75, 3.05) is 40.0 Å². The molecule has 0 aromatic rings. The Hall–Kier alpha value is 0.170. The Morgan fingerprint density at radius 1 is 1.19 bits per heavy atom. The number of ether oxygens (including phenoxy) is 2. The molecule has 0 fully saturated rings. The van der Waals surface area contributed by atoms with Gasteiger partial charge in [0.25, 0.3) is 0 Å². The summed E-state index contributed by atoms with van der Waals surface area (Å²) in [4.78, 5) is 0. The number of hydrogen-bond acceptors (Lipinski definition) is 3. The molecule has 0 rings (SSSR count). The summed E-state index contributed by atoms with van der Waals surface area (Å²) >= 11 is 6.14. The maximum atomic E-state index is 6.14. The van der Waals surface area contributed by atoms with Gasteiger partial charge in [0.15, 0.2) is 0 Å². The van der Waals surface area contributed by atoms with Gasteiger partial charge in [0.05, 0.1) is 6.61 Å². The zero-order valence-electron chi connectivity index (χ0n) is 10.8. The minimum atomic E-state index is 0.230. The van der Waals surface area contributed by atoms with Crippen molar-refractivity contribution in [3.05, 3.63) is 0 Å². The summed E-state index contributed by atoms with van der Waals surface area (Å²) in [7, 11) is 1.71. The zero-order valence-corrected chi connectivity index (χ0v) is 11.6. The van der Waals surface area contributed by atoms with Crippen LogP contribution in [0.25, 0.3) is 0 Å². The quantitative estimate of drug-likeness (QED) is 0.452. The second kappa shape index (κ2) is 11.6. The molecule has 0 aromatic heterocycles. The van der Waals surface area contributed by atoms with Crippen molar-refractivity contribution in [1.29, 1.82) is 0 Å². The number of methoxy groups -OCH3 is 1. The summed E-state index contributed by atoms with van der Waals surface area (Å²) in [5.74, 6) is 0.662. The van der Waals surface area contributed by atoms with Gasteiger partial charge in [0.1, 0.15) is 0 Å². The molecule has 0 aliphatic carbocycles. The van der Waals surface area contributed by atoms with Crippen molar-refractivity contribution < 1.29 is 9.47 Å². The van der Waals surface area contributed by atoms with Crippen molar-refractivity contribution in [2.24, 2.45) is 5.92 Å². The van der Waals surface area contributed by atoms with Crippen LogP contribution in [0.15, 0.2) is 0 Å². The molecule has 0 saturated heterocycles. The maximum Gasteiger partial charge on any atom is 0.0590 e. The van der Waals surface area contributed by atoms with Crippen LogP contribution in [0, 0.1) is 5.92 Å². The molecule has 0 saturated carbocycles. The number of hydrogen-bond donors (Lipinski definition) is 1. The van der Waals surface area contributed by atoms with E-state index in [1.165, 1.54) is 0 Å². The number of alkyl halides is 1. The highest BCUT2D eigenvalue weighted by atomic mass is 35.5. The van der Waals surface area contributed by atoms with Gasteiger partial charge in [-0.05, 0) is 18.8 Å². The average molecular weight is 252 g/mol. The van der Waals surface area contributed by atoms with Gasteiger partial charge >= 0.3 is 0 Å². The van der Waals surface area contributed by atoms with Gasteiger partial charge in [-0.2, -0.15) is 0 Å². The van der Waals surface area contributed by atoms with Gasteiger partial charge in [-0.3, -0.25) is 0 Å². The molecule has 1 N–H and O–H groups in total. The highest BCUT2D eigenvalue weighted by Crippen LogP contribution is 2.09. The van der Waals surface area contributed by atoms with Crippen molar-refractivity contribution in [3.8, 4) is 0 Å². The van der Waals surface area contributed by atoms with Crippen LogP contribution in [0.2, 0.25) is 0 Å². The highest BCUT2D eigenvalue weighted by Gasteiger charge is 2.05. The molecule has 0 aliphatic heterocycles. The van der Waals surface area contributed by atoms with Crippen LogP contribution in [0.1, 0.15) is 26.7 Å². The molecule has 0 heterocycles. The van der Waals surface area contributed by atoms with Crippen LogP contribution in [-0.4, -0.2) is 45.4 Å². The lowest BCUT2D eigenvalue weighted by molar-refractivity contribution is 0.104. The average Bonchev–Trinajstić information content (AvgIpc) is 2.21. The van der Waals surface area contributed by atoms with Gasteiger partial charge in [0.2, 0.25) is 0 Å². The first-order chi connectivity index (χ1) is 7.66. The third kappa shape index (κ3) is 12.2. The molecule has 3 nitrogen and oxygen atoms in total. The van der Waals surface area contributed by atoms with E-state index in [9.17, 15) is 0 Å². The normalized spacial score (nSPS) is 13.3. The SMILES string of the molecule is COCCCOCCNCC(Cl)CC(C)C. The fourth-order valence-electron chi connectivity index (χ4n) is 1.41. The number of rotatable bonds is 11. The van der Waals surface area contributed by atoms with Gasteiger partial charge in [0, 0.05) is 38.8 Å². The van der Waals surface area contributed by atoms with E-state index in [2.05, 4.69) is 19.2 Å². The monoisotopic (exact) mass is 251 g/mol. The first kappa shape index (κ1) is 16.2. The summed E-state index contributed by atoms with van der Waals surface area (Å²) in [6, 6.07) is 0. The molecule has 0 bridgehead atoms. The van der Waals surface area contributed by atoms with Gasteiger partial charge in [-0.1, -0.05) is 13.8 Å². The smallest absolute Gasteiger partial charge is 0.0590 e. The minimum absolute atomic E-state index is 0.230. The summed E-state index contributed by atoms with van der Waals surface area (Å²) in [6.07, 6.45) is 2.02. The van der Waals surface area contributed by atoms with E-state index < -0.39 is 0 Å². The summed E-state index contributed by atoms with van der Waals surface area (Å²) in [5.41, 5.74) is 0. The second-order valence-electron chi connectivity index (χ2n) is 4.39. The lowest BCUT2D eigenvalue weighted by Crippen LogP contribution is -2.27. The van der Waals surface area contributed by atoms with Crippen LogP contribution >= 0.6 is 11.6 Å². The molecular formula is C12H26ClNO2. The maximum absolute atomic E-state index is 6.14. The van der Waals surface area contributed by atoms with E-state index in [0.29, 0.717) is 5.92 Å². The van der Waals surface area contributed by atoms with E-state index in [-0.39, 0.29) is 5.38 Å². The minimum Gasteiger partial charge on any atom is -0.385 e. The fraction of sp³-hybridized carbons (Fsp3) is 1.00. The Bertz CT molecular complexity index is 145. The topological polar surface area (TPSA) is 30.5 Å². The van der Waals surface area contributed by atoms with Crippen molar-refractivity contribution >= 4 is 11.6 Å². The Labute approximate surface area is 105 Å². The zero-order chi connectivity index (χ0) is 12.2. The van der Waals surface area contributed by atoms with Gasteiger partial charge in [-0.25, -0.2) is 0 Å². The summed E-state index contributed by atoms with van der Waals surface area (Å²) < 4.78 is 10.3.